The molecule has 1 aliphatic rings. The summed E-state index contributed by atoms with van der Waals surface area (Å²) in [7, 11) is 0. The van der Waals surface area contributed by atoms with Gasteiger partial charge < -0.3 is 14.7 Å². The van der Waals surface area contributed by atoms with Gasteiger partial charge in [0.25, 0.3) is 11.8 Å². The van der Waals surface area contributed by atoms with Gasteiger partial charge in [0.1, 0.15) is 5.82 Å². The Hall–Kier alpha value is -3.22. The summed E-state index contributed by atoms with van der Waals surface area (Å²) in [5, 5.41) is 6.96. The third-order valence-corrected chi connectivity index (χ3v) is 4.40. The van der Waals surface area contributed by atoms with Crippen LogP contribution in [0.4, 0.5) is 5.82 Å². The van der Waals surface area contributed by atoms with Crippen molar-refractivity contribution in [1.82, 2.24) is 20.4 Å². The van der Waals surface area contributed by atoms with Crippen LogP contribution in [0, 0.1) is 6.92 Å². The van der Waals surface area contributed by atoms with Crippen LogP contribution in [-0.4, -0.2) is 40.2 Å². The molecule has 0 saturated carbocycles. The van der Waals surface area contributed by atoms with Crippen molar-refractivity contribution in [2.75, 3.05) is 18.0 Å². The first-order chi connectivity index (χ1) is 12.7. The Kier molecular flexibility index (Phi) is 4.35. The summed E-state index contributed by atoms with van der Waals surface area (Å²) in [5.41, 5.74) is 1.48. The lowest BCUT2D eigenvalue weighted by molar-refractivity contribution is 0.0940. The fourth-order valence-corrected chi connectivity index (χ4v) is 3.15. The fraction of sp³-hybridized carbons (Fsp3) is 0.263. The van der Waals surface area contributed by atoms with E-state index in [1.165, 1.54) is 0 Å². The normalized spacial score (nSPS) is 16.7. The predicted octanol–water partition coefficient (Wildman–Crippen LogP) is 2.45. The van der Waals surface area contributed by atoms with Crippen LogP contribution in [-0.2, 0) is 0 Å². The van der Waals surface area contributed by atoms with Gasteiger partial charge in [0.2, 0.25) is 0 Å². The highest BCUT2D eigenvalue weighted by atomic mass is 16.5. The molecule has 7 heteroatoms. The van der Waals surface area contributed by atoms with E-state index in [-0.39, 0.29) is 11.9 Å². The minimum atomic E-state index is -0.0498. The molecule has 0 bridgehead atoms. The van der Waals surface area contributed by atoms with Gasteiger partial charge in [-0.25, -0.2) is 4.98 Å². The van der Waals surface area contributed by atoms with Crippen molar-refractivity contribution in [2.45, 2.75) is 19.4 Å². The van der Waals surface area contributed by atoms with E-state index in [1.54, 1.807) is 13.1 Å². The van der Waals surface area contributed by atoms with Crippen molar-refractivity contribution < 1.29 is 9.32 Å². The molecule has 1 atom stereocenters. The number of nitrogens with zero attached hydrogens (tertiary/aromatic N) is 4. The topological polar surface area (TPSA) is 84.2 Å². The number of rotatable bonds is 4. The molecule has 3 aromatic rings. The van der Waals surface area contributed by atoms with Gasteiger partial charge in [-0.05, 0) is 37.6 Å². The number of carbonyl (C=O) groups is 1. The Morgan fingerprint density at radius 3 is 2.85 bits per heavy atom. The summed E-state index contributed by atoms with van der Waals surface area (Å²) in [6.07, 6.45) is 2.61. The van der Waals surface area contributed by atoms with Gasteiger partial charge in [0.05, 0.1) is 5.56 Å². The molecule has 1 aromatic carbocycles. The van der Waals surface area contributed by atoms with Gasteiger partial charge in [0, 0.05) is 30.9 Å². The Bertz CT molecular complexity index is 909. The number of aryl methyl sites for hydroxylation is 1. The SMILES string of the molecule is Cc1noc(-c2cccnc2N2CC[C@@H](NC(=O)c3ccccc3)C2)n1. The molecule has 1 aliphatic heterocycles. The summed E-state index contributed by atoms with van der Waals surface area (Å²) >= 11 is 0. The molecule has 4 rings (SSSR count). The molecule has 132 valence electrons. The quantitative estimate of drug-likeness (QED) is 0.779. The predicted molar refractivity (Wildman–Crippen MR) is 96.8 cm³/mol. The molecule has 1 amide bonds. The number of aromatic nitrogens is 3. The molecule has 0 spiro atoms. The van der Waals surface area contributed by atoms with E-state index in [0.29, 0.717) is 23.8 Å². The van der Waals surface area contributed by atoms with Crippen LogP contribution in [0.1, 0.15) is 22.6 Å². The molecule has 0 radical (unpaired) electrons. The van der Waals surface area contributed by atoms with Crippen LogP contribution in [0.2, 0.25) is 0 Å². The molecule has 2 aromatic heterocycles. The maximum atomic E-state index is 12.4. The molecule has 3 heterocycles. The molecule has 7 nitrogen and oxygen atoms in total. The minimum absolute atomic E-state index is 0.0498. The lowest BCUT2D eigenvalue weighted by Crippen LogP contribution is -2.37. The molecule has 0 aliphatic carbocycles. The zero-order chi connectivity index (χ0) is 17.9. The zero-order valence-corrected chi connectivity index (χ0v) is 14.4. The smallest absolute Gasteiger partial charge is 0.261 e. The number of pyridine rings is 1. The third-order valence-electron chi connectivity index (χ3n) is 4.40. The number of benzene rings is 1. The van der Waals surface area contributed by atoms with Gasteiger partial charge in [-0.2, -0.15) is 4.98 Å². The molecular formula is C19H19N5O2. The highest BCUT2D eigenvalue weighted by Crippen LogP contribution is 2.29. The fourth-order valence-electron chi connectivity index (χ4n) is 3.15. The number of hydrogen-bond donors (Lipinski definition) is 1. The van der Waals surface area contributed by atoms with E-state index in [0.717, 1.165) is 24.3 Å². The number of anilines is 1. The Labute approximate surface area is 151 Å². The lowest BCUT2D eigenvalue weighted by Gasteiger charge is -2.19. The van der Waals surface area contributed by atoms with E-state index < -0.39 is 0 Å². The maximum absolute atomic E-state index is 12.4. The highest BCUT2D eigenvalue weighted by molar-refractivity contribution is 5.94. The first-order valence-electron chi connectivity index (χ1n) is 8.57. The van der Waals surface area contributed by atoms with E-state index in [2.05, 4.69) is 25.3 Å². The van der Waals surface area contributed by atoms with Crippen molar-refractivity contribution in [3.63, 3.8) is 0 Å². The van der Waals surface area contributed by atoms with E-state index >= 15 is 0 Å². The van der Waals surface area contributed by atoms with Gasteiger partial charge >= 0.3 is 0 Å². The van der Waals surface area contributed by atoms with Gasteiger partial charge in [-0.3, -0.25) is 4.79 Å². The van der Waals surface area contributed by atoms with Crippen LogP contribution in [0.25, 0.3) is 11.5 Å². The Morgan fingerprint density at radius 1 is 1.23 bits per heavy atom. The molecule has 26 heavy (non-hydrogen) atoms. The third kappa shape index (κ3) is 3.28. The van der Waals surface area contributed by atoms with Crippen molar-refractivity contribution in [3.05, 3.63) is 60.0 Å². The number of hydrogen-bond acceptors (Lipinski definition) is 6. The van der Waals surface area contributed by atoms with Crippen molar-refractivity contribution in [1.29, 1.82) is 0 Å². The molecule has 1 N–H and O–H groups in total. The summed E-state index contributed by atoms with van der Waals surface area (Å²) in [6.45, 7) is 3.28. The largest absolute Gasteiger partial charge is 0.354 e. The van der Waals surface area contributed by atoms with Crippen LogP contribution in [0.3, 0.4) is 0 Å². The van der Waals surface area contributed by atoms with E-state index in [1.807, 2.05) is 42.5 Å². The molecule has 0 unspecified atom stereocenters. The second-order valence-electron chi connectivity index (χ2n) is 6.29. The van der Waals surface area contributed by atoms with Crippen LogP contribution in [0.5, 0.6) is 0 Å². The summed E-state index contributed by atoms with van der Waals surface area (Å²) in [6, 6.07) is 13.1. The number of carbonyl (C=O) groups excluding carboxylic acids is 1. The van der Waals surface area contributed by atoms with Crippen molar-refractivity contribution >= 4 is 11.7 Å². The van der Waals surface area contributed by atoms with Crippen molar-refractivity contribution in [3.8, 4) is 11.5 Å². The number of amides is 1. The summed E-state index contributed by atoms with van der Waals surface area (Å²) in [4.78, 5) is 23.3. The lowest BCUT2D eigenvalue weighted by atomic mass is 10.2. The van der Waals surface area contributed by atoms with E-state index in [4.69, 9.17) is 4.52 Å². The standard InChI is InChI=1S/C19H19N5O2/c1-13-21-19(26-23-13)16-8-5-10-20-17(16)24-11-9-15(12-24)22-18(25)14-6-3-2-4-7-14/h2-8,10,15H,9,11-12H2,1H3,(H,22,25)/t15-/m1/s1. The van der Waals surface area contributed by atoms with Gasteiger partial charge in [0.15, 0.2) is 5.82 Å². The Morgan fingerprint density at radius 2 is 2.08 bits per heavy atom. The minimum Gasteiger partial charge on any atom is -0.354 e. The molecule has 1 saturated heterocycles. The van der Waals surface area contributed by atoms with Gasteiger partial charge in [-0.15, -0.1) is 0 Å². The van der Waals surface area contributed by atoms with Crippen LogP contribution in [0.15, 0.2) is 53.2 Å². The zero-order valence-electron chi connectivity index (χ0n) is 14.4. The van der Waals surface area contributed by atoms with Crippen LogP contribution >= 0.6 is 0 Å². The van der Waals surface area contributed by atoms with Gasteiger partial charge in [-0.1, -0.05) is 23.4 Å². The first-order valence-corrected chi connectivity index (χ1v) is 8.57. The summed E-state index contributed by atoms with van der Waals surface area (Å²) < 4.78 is 5.30. The average molecular weight is 349 g/mol. The van der Waals surface area contributed by atoms with Crippen LogP contribution < -0.4 is 10.2 Å². The summed E-state index contributed by atoms with van der Waals surface area (Å²) in [5.74, 6) is 1.80. The second kappa shape index (κ2) is 6.95. The monoisotopic (exact) mass is 349 g/mol. The average Bonchev–Trinajstić information content (AvgIpc) is 3.31. The maximum Gasteiger partial charge on any atom is 0.261 e. The second-order valence-corrected chi connectivity index (χ2v) is 6.29. The first kappa shape index (κ1) is 16.3. The molecular weight excluding hydrogens is 330 g/mol. The molecule has 1 fully saturated rings. The van der Waals surface area contributed by atoms with E-state index in [9.17, 15) is 4.79 Å². The highest BCUT2D eigenvalue weighted by Gasteiger charge is 2.27. The Balaban J connectivity index is 1.49. The van der Waals surface area contributed by atoms with Crippen molar-refractivity contribution in [2.24, 2.45) is 0 Å². The number of nitrogens with one attached hydrogen (secondary N) is 1.